The zero-order valence-corrected chi connectivity index (χ0v) is 16.0. The van der Waals surface area contributed by atoms with Crippen LogP contribution in [0.1, 0.15) is 16.7 Å². The SMILES string of the molecule is Cc1ccc(O)cc1.Cc1ccc(O)cc1.Cc1ccc(OP)cc1. The molecule has 4 heteroatoms. The van der Waals surface area contributed by atoms with Gasteiger partial charge in [0.1, 0.15) is 17.2 Å². The molecule has 0 spiro atoms. The third kappa shape index (κ3) is 9.39. The maximum absolute atomic E-state index is 8.76. The Morgan fingerprint density at radius 1 is 0.560 bits per heavy atom. The normalized spacial score (nSPS) is 9.12. The summed E-state index contributed by atoms with van der Waals surface area (Å²) < 4.78 is 4.89. The minimum Gasteiger partial charge on any atom is -0.508 e. The standard InChI is InChI=1S/C7H9OP.2C7H8O/c1-6-2-4-7(8-9)5-3-6;2*1-6-2-4-7(8)5-3-6/h2-5H,9H2,1H3;2*2-5,8H,1H3. The van der Waals surface area contributed by atoms with Crippen molar-refractivity contribution in [3.05, 3.63) is 89.5 Å². The molecule has 0 saturated carbocycles. The number of hydrogen-bond donors (Lipinski definition) is 2. The Kier molecular flexibility index (Phi) is 9.13. The molecule has 2 N–H and O–H groups in total. The molecule has 3 rings (SSSR count). The zero-order valence-electron chi connectivity index (χ0n) is 14.8. The summed E-state index contributed by atoms with van der Waals surface area (Å²) in [6, 6.07) is 22.1. The Morgan fingerprint density at radius 3 is 1.08 bits per heavy atom. The van der Waals surface area contributed by atoms with Crippen LogP contribution < -0.4 is 4.52 Å². The van der Waals surface area contributed by atoms with Gasteiger partial charge < -0.3 is 14.7 Å². The van der Waals surface area contributed by atoms with Gasteiger partial charge in [-0.1, -0.05) is 53.1 Å². The van der Waals surface area contributed by atoms with Crippen LogP contribution in [0.15, 0.2) is 72.8 Å². The summed E-state index contributed by atoms with van der Waals surface area (Å²) in [5.41, 5.74) is 3.59. The van der Waals surface area contributed by atoms with Crippen LogP contribution in [0.3, 0.4) is 0 Å². The summed E-state index contributed by atoms with van der Waals surface area (Å²) in [6.07, 6.45) is 0. The maximum atomic E-state index is 8.76. The van der Waals surface area contributed by atoms with Gasteiger partial charge in [0, 0.05) is 0 Å². The molecule has 1 atom stereocenters. The number of phenols is 2. The van der Waals surface area contributed by atoms with E-state index in [1.807, 2.05) is 69.3 Å². The van der Waals surface area contributed by atoms with E-state index in [0.717, 1.165) is 5.75 Å². The lowest BCUT2D eigenvalue weighted by atomic mass is 10.2. The minimum absolute atomic E-state index is 0.329. The van der Waals surface area contributed by atoms with Crippen LogP contribution in [-0.4, -0.2) is 10.2 Å². The van der Waals surface area contributed by atoms with Crippen LogP contribution in [-0.2, 0) is 0 Å². The molecule has 0 aliphatic rings. The smallest absolute Gasteiger partial charge is 0.122 e. The Hall–Kier alpha value is -2.51. The van der Waals surface area contributed by atoms with E-state index in [1.54, 1.807) is 24.3 Å². The van der Waals surface area contributed by atoms with E-state index >= 15 is 0 Å². The topological polar surface area (TPSA) is 49.7 Å². The molecule has 0 saturated heterocycles. The van der Waals surface area contributed by atoms with Crippen molar-refractivity contribution in [1.82, 2.24) is 0 Å². The summed E-state index contributed by atoms with van der Waals surface area (Å²) in [7, 11) is 2.21. The van der Waals surface area contributed by atoms with Gasteiger partial charge in [0.2, 0.25) is 0 Å². The molecule has 0 bridgehead atoms. The van der Waals surface area contributed by atoms with Crippen LogP contribution in [0.4, 0.5) is 0 Å². The minimum atomic E-state index is 0.329. The van der Waals surface area contributed by atoms with Crippen molar-refractivity contribution in [1.29, 1.82) is 0 Å². The van der Waals surface area contributed by atoms with Gasteiger partial charge in [0.15, 0.2) is 0 Å². The molecule has 3 nitrogen and oxygen atoms in total. The number of rotatable bonds is 1. The first-order chi connectivity index (χ1) is 11.9. The monoisotopic (exact) mass is 356 g/mol. The van der Waals surface area contributed by atoms with E-state index in [-0.39, 0.29) is 0 Å². The van der Waals surface area contributed by atoms with Crippen molar-refractivity contribution in [3.63, 3.8) is 0 Å². The Bertz CT molecular complexity index is 635. The predicted molar refractivity (Wildman–Crippen MR) is 107 cm³/mol. The largest absolute Gasteiger partial charge is 0.508 e. The van der Waals surface area contributed by atoms with E-state index in [9.17, 15) is 0 Å². The van der Waals surface area contributed by atoms with Gasteiger partial charge in [-0.25, -0.2) is 0 Å². The number of hydrogen-bond acceptors (Lipinski definition) is 3. The second kappa shape index (κ2) is 11.1. The van der Waals surface area contributed by atoms with Gasteiger partial charge in [0.25, 0.3) is 0 Å². The van der Waals surface area contributed by atoms with Crippen molar-refractivity contribution in [3.8, 4) is 17.2 Å². The van der Waals surface area contributed by atoms with Crippen LogP contribution in [0, 0.1) is 20.8 Å². The number of aryl methyl sites for hydroxylation is 3. The van der Waals surface area contributed by atoms with Crippen LogP contribution in [0.25, 0.3) is 0 Å². The molecule has 25 heavy (non-hydrogen) atoms. The first-order valence-electron chi connectivity index (χ1n) is 7.85. The molecule has 0 aromatic heterocycles. The van der Waals surface area contributed by atoms with Gasteiger partial charge in [-0.05, 0) is 57.2 Å². The fourth-order valence-corrected chi connectivity index (χ4v) is 1.86. The molecule has 3 aromatic carbocycles. The molecule has 0 amide bonds. The van der Waals surface area contributed by atoms with E-state index in [4.69, 9.17) is 14.7 Å². The van der Waals surface area contributed by atoms with Crippen molar-refractivity contribution in [2.24, 2.45) is 0 Å². The summed E-state index contributed by atoms with van der Waals surface area (Å²) in [5, 5.41) is 17.5. The van der Waals surface area contributed by atoms with Crippen LogP contribution >= 0.6 is 9.47 Å². The molecular formula is C21H25O3P. The van der Waals surface area contributed by atoms with Gasteiger partial charge in [-0.2, -0.15) is 0 Å². The van der Waals surface area contributed by atoms with Gasteiger partial charge in [0.05, 0.1) is 9.47 Å². The summed E-state index contributed by atoms with van der Waals surface area (Å²) >= 11 is 0. The highest BCUT2D eigenvalue weighted by Gasteiger charge is 1.86. The lowest BCUT2D eigenvalue weighted by Crippen LogP contribution is -1.73. The molecule has 0 aliphatic carbocycles. The van der Waals surface area contributed by atoms with Gasteiger partial charge in [-0.3, -0.25) is 0 Å². The lowest BCUT2D eigenvalue weighted by Gasteiger charge is -1.96. The average Bonchev–Trinajstić information content (AvgIpc) is 2.62. The number of benzene rings is 3. The third-order valence-corrected chi connectivity index (χ3v) is 3.50. The zero-order chi connectivity index (χ0) is 18.7. The Morgan fingerprint density at radius 2 is 0.840 bits per heavy atom. The number of aromatic hydroxyl groups is 2. The third-order valence-electron chi connectivity index (χ3n) is 3.23. The quantitative estimate of drug-likeness (QED) is 0.561. The molecule has 0 fully saturated rings. The first kappa shape index (κ1) is 20.5. The molecule has 0 aliphatic heterocycles. The molecule has 0 radical (unpaired) electrons. The molecule has 0 heterocycles. The fraction of sp³-hybridized carbons (Fsp3) is 0.143. The second-order valence-corrected chi connectivity index (χ2v) is 5.84. The average molecular weight is 356 g/mol. The second-order valence-electron chi connectivity index (χ2n) is 5.60. The fourth-order valence-electron chi connectivity index (χ4n) is 1.71. The molecule has 1 unspecified atom stereocenters. The Labute approximate surface area is 152 Å². The summed E-state index contributed by atoms with van der Waals surface area (Å²) in [5.74, 6) is 1.54. The number of phenolic OH excluding ortho intramolecular Hbond substituents is 2. The van der Waals surface area contributed by atoms with Crippen molar-refractivity contribution in [2.45, 2.75) is 20.8 Å². The van der Waals surface area contributed by atoms with Crippen molar-refractivity contribution >= 4 is 9.47 Å². The summed E-state index contributed by atoms with van der Waals surface area (Å²) in [4.78, 5) is 0. The van der Waals surface area contributed by atoms with Crippen molar-refractivity contribution < 1.29 is 14.7 Å². The highest BCUT2D eigenvalue weighted by atomic mass is 31.0. The first-order valence-corrected chi connectivity index (χ1v) is 8.32. The molecular weight excluding hydrogens is 331 g/mol. The van der Waals surface area contributed by atoms with Crippen molar-refractivity contribution in [2.75, 3.05) is 0 Å². The summed E-state index contributed by atoms with van der Waals surface area (Å²) in [6.45, 7) is 6.02. The molecule has 3 aromatic rings. The maximum Gasteiger partial charge on any atom is 0.122 e. The van der Waals surface area contributed by atoms with Crippen LogP contribution in [0.2, 0.25) is 0 Å². The highest BCUT2D eigenvalue weighted by Crippen LogP contribution is 2.13. The van der Waals surface area contributed by atoms with Crippen LogP contribution in [0.5, 0.6) is 17.2 Å². The lowest BCUT2D eigenvalue weighted by molar-refractivity contribution is 0.474. The highest BCUT2D eigenvalue weighted by molar-refractivity contribution is 7.10. The van der Waals surface area contributed by atoms with Gasteiger partial charge in [-0.15, -0.1) is 0 Å². The van der Waals surface area contributed by atoms with E-state index < -0.39 is 0 Å². The van der Waals surface area contributed by atoms with E-state index in [1.165, 1.54) is 16.7 Å². The molecule has 132 valence electrons. The van der Waals surface area contributed by atoms with E-state index in [0.29, 0.717) is 11.5 Å². The predicted octanol–water partition coefficient (Wildman–Crippen LogP) is 5.57. The van der Waals surface area contributed by atoms with Gasteiger partial charge >= 0.3 is 0 Å². The van der Waals surface area contributed by atoms with E-state index in [2.05, 4.69) is 9.47 Å². The Balaban J connectivity index is 0.000000188.